The van der Waals surface area contributed by atoms with Gasteiger partial charge in [-0.25, -0.2) is 28.1 Å². The van der Waals surface area contributed by atoms with Crippen molar-refractivity contribution < 1.29 is 113 Å². The minimum atomic E-state index is -4.42. The maximum absolute atomic E-state index is 13.6. The molecule has 0 spiro atoms. The molecule has 2 unspecified atom stereocenters. The van der Waals surface area contributed by atoms with Gasteiger partial charge in [-0.2, -0.15) is 41.5 Å². The van der Waals surface area contributed by atoms with E-state index in [1.807, 2.05) is 17.8 Å². The van der Waals surface area contributed by atoms with Crippen molar-refractivity contribution in [3.05, 3.63) is 88.6 Å². The minimum absolute atomic E-state index is 0. The number of nitrogens with two attached hydrogens (primary N) is 2. The van der Waals surface area contributed by atoms with Crippen molar-refractivity contribution in [1.82, 2.24) is 33.9 Å². The standard InChI is InChI=1S/C26H38N5O9PS2.C20H30NO8PS2.C12H13N5O4.C5H12NOP.C4H9.ClH.Mg/c1-24(2,3)22(34)42-11-9-37-41(36,38-10-12-43-23(35)25(4,5)6)39-14-26(13-27)20(33)18(32)19(40-26)16-7-8-17-21(28)29-15-30-31(16)17;1-19(2,3)17(22)31-13-11-27-30(26,28-12-14-32-18(23)20(4,5)6)29-16-9-7-15(8-10-16)21(24)25;13-3-12(4-18)10(20)8(19)9(21-12)6-1-2-7-11(14)15-5-16-17(6)7;1-6(8)5-3-2-4-7-5;1-4(2)3;;/h7-8,15,18-20,32-33H,9-12,14H2,1-6H3,(H2,28,29,30);7-10H,11-14H2,1-6H3;1-2,5,8-10,18-20H,4H2,(H2,14,15,16);5H,2-4,8H2,1H3;1-3H3;1H;/q;;;;-1;;+2/p-1/t18-,19-,20-,26+;;8-,9-,10-,12+;;;;/m0.0..../s1. The zero-order valence-corrected chi connectivity index (χ0v) is 72.9. The Bertz CT molecular complexity index is 3910. The fourth-order valence-corrected chi connectivity index (χ4v) is 15.2. The van der Waals surface area contributed by atoms with E-state index in [1.165, 1.54) is 64.7 Å². The van der Waals surface area contributed by atoms with E-state index in [1.54, 1.807) is 113 Å². The third kappa shape index (κ3) is 30.4. The van der Waals surface area contributed by atoms with Gasteiger partial charge in [-0.3, -0.25) is 56.6 Å². The summed E-state index contributed by atoms with van der Waals surface area (Å²) >= 11 is 4.08. The van der Waals surface area contributed by atoms with Crippen LogP contribution in [0.25, 0.3) is 11.0 Å². The summed E-state index contributed by atoms with van der Waals surface area (Å²) in [5.41, 5.74) is 6.81. The van der Waals surface area contributed by atoms with E-state index in [4.69, 9.17) is 58.1 Å². The third-order valence-corrected chi connectivity index (χ3v) is 23.1. The molecular formula is C67H102ClMgN12O22P3S4. The van der Waals surface area contributed by atoms with E-state index in [9.17, 15) is 69.2 Å². The van der Waals surface area contributed by atoms with Crippen molar-refractivity contribution in [2.45, 2.75) is 171 Å². The molecule has 43 heteroatoms. The molecule has 5 aromatic rings. The van der Waals surface area contributed by atoms with Gasteiger partial charge in [0.15, 0.2) is 32.1 Å². The molecule has 610 valence electrons. The number of nitrogen functional groups attached to an aromatic ring is 2. The predicted molar refractivity (Wildman–Crippen MR) is 419 cm³/mol. The normalized spacial score (nSPS) is 21.3. The van der Waals surface area contributed by atoms with E-state index in [0.29, 0.717) is 23.0 Å². The van der Waals surface area contributed by atoms with Crippen LogP contribution in [0, 0.1) is 60.4 Å². The van der Waals surface area contributed by atoms with Crippen LogP contribution in [-0.2, 0) is 65.1 Å². The number of rotatable bonds is 26. The number of ether oxygens (including phenoxy) is 3. The summed E-state index contributed by atoms with van der Waals surface area (Å²) in [5.74, 6) is 2.66. The van der Waals surface area contributed by atoms with E-state index < -0.39 is 103 Å². The van der Waals surface area contributed by atoms with Gasteiger partial charge in [0.05, 0.1) is 49.3 Å². The first-order valence-corrected chi connectivity index (χ1v) is 41.1. The largest absolute Gasteiger partial charge is 2.00 e. The van der Waals surface area contributed by atoms with Crippen LogP contribution >= 0.6 is 72.1 Å². The number of phosphoric acid groups is 2. The molecule has 110 heavy (non-hydrogen) atoms. The Balaban J connectivity index is 0.000000535. The number of hydrogen-bond donors (Lipinski definition) is 7. The van der Waals surface area contributed by atoms with Crippen LogP contribution in [0.3, 0.4) is 0 Å². The molecule has 7 heterocycles. The maximum atomic E-state index is 13.6. The number of carbonyl (C=O) groups is 4. The van der Waals surface area contributed by atoms with Crippen LogP contribution in [0.1, 0.15) is 140 Å². The van der Waals surface area contributed by atoms with Gasteiger partial charge in [-0.05, 0) is 56.3 Å². The van der Waals surface area contributed by atoms with Crippen molar-refractivity contribution in [3.8, 4) is 17.9 Å². The van der Waals surface area contributed by atoms with E-state index in [0.717, 1.165) is 53.7 Å². The number of fused-ring (bicyclic) bond motifs is 2. The summed E-state index contributed by atoms with van der Waals surface area (Å²) < 4.78 is 80.6. The van der Waals surface area contributed by atoms with Crippen LogP contribution in [0.15, 0.2) is 61.2 Å². The maximum Gasteiger partial charge on any atom is 2.00 e. The number of nitro benzene ring substituents is 1. The Morgan fingerprint density at radius 3 is 1.32 bits per heavy atom. The summed E-state index contributed by atoms with van der Waals surface area (Å²) in [6.07, 6.45) is -3.38. The zero-order valence-electron chi connectivity index (χ0n) is 64.5. The Kier molecular flexibility index (Phi) is 41.9. The van der Waals surface area contributed by atoms with E-state index in [-0.39, 0.29) is 134 Å². The molecule has 8 rings (SSSR count). The number of phosphoric ester groups is 2. The molecule has 0 amide bonds. The molecule has 10 atom stereocenters. The molecule has 3 fully saturated rings. The zero-order chi connectivity index (χ0) is 81.6. The molecule has 3 aliphatic heterocycles. The number of aliphatic hydroxyl groups excluding tert-OH is 5. The Morgan fingerprint density at radius 2 is 1.02 bits per heavy atom. The first-order valence-electron chi connectivity index (χ1n) is 33.7. The van der Waals surface area contributed by atoms with Crippen molar-refractivity contribution in [2.75, 3.05) is 87.8 Å². The smallest absolute Gasteiger partial charge is 1.00 e. The first-order chi connectivity index (χ1) is 50.2. The molecule has 4 aromatic heterocycles. The SMILES string of the molecule is CC(C)(C)C(=O)SCCOP(=O)(OCCSC(=O)C(C)(C)C)OC[C@@]1(C#N)O[C@@H](c2ccc3c(N)ncnn23)[C@H](O)[C@@H]1O.CC(C)(C)C(=O)SCCOP(=O)(OCCSC(=O)C(C)(C)C)Oc1ccc([N+](=O)[O-])cc1.CN(P)C1CCCO1.C[C-](C)C.N#C[C@]1(CO)O[C@@H](c2ccc3c(N)ncnn23)[C@H](O)[C@@H]1O.[Cl-].[Mg+2]. The number of nitro groups is 1. The second-order valence-electron chi connectivity index (χ2n) is 29.0. The monoisotopic (exact) mass is 1710 g/mol. The van der Waals surface area contributed by atoms with Crippen molar-refractivity contribution in [3.63, 3.8) is 0 Å². The average Bonchev–Trinajstić information content (AvgIpc) is 1.60. The molecular weight excluding hydrogens is 1610 g/mol. The molecule has 0 saturated carbocycles. The molecule has 9 N–H and O–H groups in total. The van der Waals surface area contributed by atoms with Crippen LogP contribution in [0.2, 0.25) is 0 Å². The minimum Gasteiger partial charge on any atom is -1.00 e. The molecule has 0 radical (unpaired) electrons. The number of anilines is 2. The van der Waals surface area contributed by atoms with Gasteiger partial charge in [0.25, 0.3) is 5.69 Å². The number of carbonyl (C=O) groups excluding carboxylic acids is 4. The van der Waals surface area contributed by atoms with Crippen LogP contribution in [-0.4, -0.2) is 226 Å². The van der Waals surface area contributed by atoms with Gasteiger partial charge in [-0.1, -0.05) is 140 Å². The summed E-state index contributed by atoms with van der Waals surface area (Å²) in [6, 6.07) is 14.9. The second-order valence-corrected chi connectivity index (χ2v) is 37.4. The van der Waals surface area contributed by atoms with Crippen molar-refractivity contribution >= 4 is 144 Å². The Hall–Kier alpha value is -4.29. The average molecular weight is 1710 g/mol. The van der Waals surface area contributed by atoms with Gasteiger partial charge in [-0.15, -0.1) is 0 Å². The molecule has 3 aliphatic rings. The summed E-state index contributed by atoms with van der Waals surface area (Å²) in [6.45, 7) is 26.5. The molecule has 0 aliphatic carbocycles. The molecule has 1 aromatic carbocycles. The first kappa shape index (κ1) is 102. The Labute approximate surface area is 682 Å². The number of non-ortho nitro benzene ring substituents is 1. The van der Waals surface area contributed by atoms with Crippen molar-refractivity contribution in [1.29, 1.82) is 10.5 Å². The predicted octanol–water partition coefficient (Wildman–Crippen LogP) is 6.31. The van der Waals surface area contributed by atoms with Crippen LogP contribution in [0.5, 0.6) is 5.75 Å². The third-order valence-electron chi connectivity index (χ3n) is 14.9. The number of aromatic nitrogens is 6. The quantitative estimate of drug-likeness (QED) is 0.00796. The van der Waals surface area contributed by atoms with Crippen molar-refractivity contribution in [2.24, 2.45) is 21.7 Å². The number of halogens is 1. The summed E-state index contributed by atoms with van der Waals surface area (Å²) in [4.78, 5) is 66.5. The number of hydrogen-bond acceptors (Lipinski definition) is 35. The van der Waals surface area contributed by atoms with Gasteiger partial charge >= 0.3 is 38.7 Å². The number of nitrogens with zero attached hydrogens (tertiary/aromatic N) is 10. The molecule has 3 saturated heterocycles. The molecule has 34 nitrogen and oxygen atoms in total. The fourth-order valence-electron chi connectivity index (χ4n) is 8.98. The number of benzene rings is 1. The molecule has 0 bridgehead atoms. The number of nitriles is 2. The summed E-state index contributed by atoms with van der Waals surface area (Å²) in [5, 5.41) is 89.0. The van der Waals surface area contributed by atoms with E-state index in [2.05, 4.69) is 50.3 Å². The van der Waals surface area contributed by atoms with Crippen LogP contribution < -0.4 is 28.4 Å². The number of thioether (sulfide) groups is 4. The van der Waals surface area contributed by atoms with E-state index >= 15 is 0 Å². The van der Waals surface area contributed by atoms with Gasteiger partial charge in [0, 0.05) is 63.4 Å². The fraction of sp³-hybridized carbons (Fsp3) is 0.627. The second kappa shape index (κ2) is 45.3. The Morgan fingerprint density at radius 1 is 0.664 bits per heavy atom. The topological polar surface area (TPSA) is 493 Å². The van der Waals surface area contributed by atoms with Gasteiger partial charge in [0.1, 0.15) is 91.0 Å². The summed E-state index contributed by atoms with van der Waals surface area (Å²) in [7, 11) is -3.89. The van der Waals surface area contributed by atoms with Gasteiger partial charge in [0.2, 0.25) is 11.2 Å². The van der Waals surface area contributed by atoms with Crippen LogP contribution in [0.4, 0.5) is 17.3 Å². The van der Waals surface area contributed by atoms with Gasteiger partial charge < -0.3 is 74.1 Å². The number of aliphatic hydroxyl groups is 5.